The Morgan fingerprint density at radius 2 is 1.75 bits per heavy atom. The Hall–Kier alpha value is -0.340. The molecular formula is C14H20O2. The summed E-state index contributed by atoms with van der Waals surface area (Å²) in [5.74, 6) is 2.69. The molecule has 4 bridgehead atoms. The molecule has 2 nitrogen and oxygen atoms in total. The maximum absolute atomic E-state index is 6.08. The van der Waals surface area contributed by atoms with E-state index in [9.17, 15) is 0 Å². The highest BCUT2D eigenvalue weighted by Gasteiger charge is 2.59. The van der Waals surface area contributed by atoms with Gasteiger partial charge in [-0.15, -0.1) is 0 Å². The van der Waals surface area contributed by atoms with Crippen molar-refractivity contribution in [3.05, 3.63) is 12.2 Å². The monoisotopic (exact) mass is 220 g/mol. The van der Waals surface area contributed by atoms with E-state index in [2.05, 4.69) is 6.58 Å². The van der Waals surface area contributed by atoms with Gasteiger partial charge in [0.25, 0.3) is 0 Å². The van der Waals surface area contributed by atoms with Crippen LogP contribution in [-0.4, -0.2) is 19.0 Å². The SMILES string of the molecule is C=C1C[C@H]2C[C@@H]3C[C@H](C2)C2(OCCO2)[C@H]1C3. The lowest BCUT2D eigenvalue weighted by Gasteiger charge is -2.49. The molecule has 88 valence electrons. The van der Waals surface area contributed by atoms with Gasteiger partial charge in [-0.1, -0.05) is 12.2 Å². The molecule has 0 unspecified atom stereocenters. The van der Waals surface area contributed by atoms with Gasteiger partial charge in [-0.25, -0.2) is 0 Å². The summed E-state index contributed by atoms with van der Waals surface area (Å²) >= 11 is 0. The van der Waals surface area contributed by atoms with Crippen LogP contribution in [0.25, 0.3) is 0 Å². The molecule has 0 aromatic heterocycles. The predicted octanol–water partition coefficient (Wildman–Crippen LogP) is 2.74. The molecule has 5 rings (SSSR count). The van der Waals surface area contributed by atoms with E-state index < -0.39 is 0 Å². The predicted molar refractivity (Wildman–Crippen MR) is 60.8 cm³/mol. The van der Waals surface area contributed by atoms with E-state index in [1.807, 2.05) is 0 Å². The molecule has 5 fully saturated rings. The number of ether oxygens (including phenoxy) is 2. The second kappa shape index (κ2) is 3.11. The van der Waals surface area contributed by atoms with Crippen LogP contribution in [-0.2, 0) is 9.47 Å². The highest BCUT2D eigenvalue weighted by molar-refractivity contribution is 5.17. The van der Waals surface area contributed by atoms with Crippen LogP contribution in [0.3, 0.4) is 0 Å². The summed E-state index contributed by atoms with van der Waals surface area (Å²) in [5, 5.41) is 0. The van der Waals surface area contributed by atoms with E-state index >= 15 is 0 Å². The van der Waals surface area contributed by atoms with Gasteiger partial charge in [0.2, 0.25) is 0 Å². The Balaban J connectivity index is 1.80. The van der Waals surface area contributed by atoms with Crippen LogP contribution in [0.4, 0.5) is 0 Å². The van der Waals surface area contributed by atoms with Crippen molar-refractivity contribution in [1.29, 1.82) is 0 Å². The van der Waals surface area contributed by atoms with Crippen molar-refractivity contribution in [2.24, 2.45) is 23.7 Å². The Bertz CT molecular complexity index is 330. The zero-order valence-corrected chi connectivity index (χ0v) is 9.78. The third-order valence-corrected chi connectivity index (χ3v) is 5.31. The Kier molecular flexibility index (Phi) is 1.88. The summed E-state index contributed by atoms with van der Waals surface area (Å²) in [6.45, 7) is 5.91. The first-order chi connectivity index (χ1) is 7.78. The van der Waals surface area contributed by atoms with Crippen molar-refractivity contribution < 1.29 is 9.47 Å². The van der Waals surface area contributed by atoms with Gasteiger partial charge in [0.05, 0.1) is 13.2 Å². The zero-order valence-electron chi connectivity index (χ0n) is 9.78. The summed E-state index contributed by atoms with van der Waals surface area (Å²) in [6.07, 6.45) is 6.58. The quantitative estimate of drug-likeness (QED) is 0.584. The molecule has 0 aromatic rings. The van der Waals surface area contributed by atoms with Crippen molar-refractivity contribution in [3.63, 3.8) is 0 Å². The van der Waals surface area contributed by atoms with Crippen LogP contribution in [0.15, 0.2) is 12.2 Å². The largest absolute Gasteiger partial charge is 0.347 e. The molecule has 0 amide bonds. The van der Waals surface area contributed by atoms with Gasteiger partial charge in [0, 0.05) is 11.8 Å². The smallest absolute Gasteiger partial charge is 0.177 e. The average molecular weight is 220 g/mol. The van der Waals surface area contributed by atoms with E-state index in [4.69, 9.17) is 9.47 Å². The summed E-state index contributed by atoms with van der Waals surface area (Å²) in [5.41, 5.74) is 1.41. The van der Waals surface area contributed by atoms with Gasteiger partial charge in [0.1, 0.15) is 0 Å². The first-order valence-corrected chi connectivity index (χ1v) is 6.73. The maximum Gasteiger partial charge on any atom is 0.177 e. The molecule has 1 saturated heterocycles. The first kappa shape index (κ1) is 9.67. The van der Waals surface area contributed by atoms with Crippen molar-refractivity contribution >= 4 is 0 Å². The molecule has 1 spiro atoms. The first-order valence-electron chi connectivity index (χ1n) is 6.73. The number of fused-ring (bicyclic) bond motifs is 1. The number of hydrogen-bond donors (Lipinski definition) is 0. The fraction of sp³-hybridized carbons (Fsp3) is 0.857. The Morgan fingerprint density at radius 3 is 2.56 bits per heavy atom. The summed E-state index contributed by atoms with van der Waals surface area (Å²) in [7, 11) is 0. The molecule has 0 aromatic carbocycles. The van der Waals surface area contributed by atoms with Gasteiger partial charge in [-0.2, -0.15) is 0 Å². The normalized spacial score (nSPS) is 48.9. The molecule has 4 saturated carbocycles. The lowest BCUT2D eigenvalue weighted by molar-refractivity contribution is -0.249. The second-order valence-electron chi connectivity index (χ2n) is 6.21. The van der Waals surface area contributed by atoms with Crippen LogP contribution in [0, 0.1) is 23.7 Å². The fourth-order valence-electron chi connectivity index (χ4n) is 4.88. The van der Waals surface area contributed by atoms with Gasteiger partial charge in [-0.3, -0.25) is 0 Å². The van der Waals surface area contributed by atoms with E-state index in [-0.39, 0.29) is 5.79 Å². The van der Waals surface area contributed by atoms with Crippen molar-refractivity contribution in [2.75, 3.05) is 13.2 Å². The molecule has 2 heteroatoms. The van der Waals surface area contributed by atoms with Crippen molar-refractivity contribution in [2.45, 2.75) is 37.9 Å². The Morgan fingerprint density at radius 1 is 1.00 bits per heavy atom. The topological polar surface area (TPSA) is 18.5 Å². The lowest BCUT2D eigenvalue weighted by atomic mass is 9.64. The zero-order chi connectivity index (χ0) is 10.8. The molecule has 1 heterocycles. The molecule has 1 aliphatic heterocycles. The van der Waals surface area contributed by atoms with Gasteiger partial charge >= 0.3 is 0 Å². The van der Waals surface area contributed by atoms with Gasteiger partial charge in [0.15, 0.2) is 5.79 Å². The summed E-state index contributed by atoms with van der Waals surface area (Å²) in [4.78, 5) is 0. The minimum Gasteiger partial charge on any atom is -0.347 e. The highest BCUT2D eigenvalue weighted by atomic mass is 16.7. The van der Waals surface area contributed by atoms with E-state index in [1.165, 1.54) is 37.7 Å². The maximum atomic E-state index is 6.08. The average Bonchev–Trinajstić information content (AvgIpc) is 2.68. The highest BCUT2D eigenvalue weighted by Crippen LogP contribution is 2.59. The lowest BCUT2D eigenvalue weighted by Crippen LogP contribution is -2.52. The Labute approximate surface area is 97.0 Å². The van der Waals surface area contributed by atoms with Crippen LogP contribution >= 0.6 is 0 Å². The molecule has 16 heavy (non-hydrogen) atoms. The minimum atomic E-state index is -0.247. The number of hydrogen-bond acceptors (Lipinski definition) is 2. The van der Waals surface area contributed by atoms with E-state index in [0.717, 1.165) is 25.0 Å². The molecular weight excluding hydrogens is 200 g/mol. The van der Waals surface area contributed by atoms with Crippen molar-refractivity contribution in [3.8, 4) is 0 Å². The third-order valence-electron chi connectivity index (χ3n) is 5.31. The van der Waals surface area contributed by atoms with Gasteiger partial charge in [-0.05, 0) is 43.9 Å². The standard InChI is InChI=1S/C14H20O2/c1-9-4-10-5-11-7-12(6-10)14(13(9)8-11)15-2-3-16-14/h10-13H,1-8H2/t10-,11+,12-,13-/m0/s1. The van der Waals surface area contributed by atoms with E-state index in [1.54, 1.807) is 0 Å². The third kappa shape index (κ3) is 1.10. The fourth-order valence-corrected chi connectivity index (χ4v) is 4.88. The molecule has 0 N–H and O–H groups in total. The van der Waals surface area contributed by atoms with Crippen LogP contribution in [0.5, 0.6) is 0 Å². The van der Waals surface area contributed by atoms with Crippen LogP contribution in [0.1, 0.15) is 32.1 Å². The minimum absolute atomic E-state index is 0.247. The molecule has 4 aliphatic carbocycles. The van der Waals surface area contributed by atoms with E-state index in [0.29, 0.717) is 11.8 Å². The molecule has 4 atom stereocenters. The van der Waals surface area contributed by atoms with Crippen LogP contribution < -0.4 is 0 Å². The molecule has 0 radical (unpaired) electrons. The second-order valence-corrected chi connectivity index (χ2v) is 6.21. The van der Waals surface area contributed by atoms with Gasteiger partial charge < -0.3 is 9.47 Å². The number of rotatable bonds is 0. The molecule has 5 aliphatic rings. The summed E-state index contributed by atoms with van der Waals surface area (Å²) < 4.78 is 12.2. The summed E-state index contributed by atoms with van der Waals surface area (Å²) in [6, 6.07) is 0. The van der Waals surface area contributed by atoms with Crippen LogP contribution in [0.2, 0.25) is 0 Å². The van der Waals surface area contributed by atoms with Crippen molar-refractivity contribution in [1.82, 2.24) is 0 Å².